The third kappa shape index (κ3) is 4.88. The number of sulfonamides is 1. The Bertz CT molecular complexity index is 1360. The van der Waals surface area contributed by atoms with Crippen molar-refractivity contribution in [3.63, 3.8) is 0 Å². The van der Waals surface area contributed by atoms with E-state index < -0.39 is 33.9 Å². The van der Waals surface area contributed by atoms with Crippen LogP contribution in [0.15, 0.2) is 104 Å². The van der Waals surface area contributed by atoms with Crippen molar-refractivity contribution in [2.24, 2.45) is 0 Å². The molecule has 32 heavy (non-hydrogen) atoms. The van der Waals surface area contributed by atoms with Crippen molar-refractivity contribution >= 4 is 35.5 Å². The summed E-state index contributed by atoms with van der Waals surface area (Å²) in [6.45, 7) is 0. The predicted octanol–water partition coefficient (Wildman–Crippen LogP) is 2.15. The maximum absolute atomic E-state index is 13.2. The molecule has 0 saturated heterocycles. The molecule has 0 aliphatic heterocycles. The van der Waals surface area contributed by atoms with E-state index in [1.165, 1.54) is 67.7 Å². The van der Waals surface area contributed by atoms with E-state index >= 15 is 0 Å². The Morgan fingerprint density at radius 2 is 1.22 bits per heavy atom. The van der Waals surface area contributed by atoms with Crippen LogP contribution in [0.1, 0.15) is 0 Å². The molecule has 3 rings (SSSR count). The minimum Gasteiger partial charge on any atom is -0.345 e. The van der Waals surface area contributed by atoms with E-state index in [2.05, 4.69) is 15.0 Å². The largest absolute Gasteiger partial charge is 0.345 e. The summed E-state index contributed by atoms with van der Waals surface area (Å²) in [4.78, 5) is 3.41. The number of anilines is 1. The monoisotopic (exact) mass is 493 g/mol. The highest BCUT2D eigenvalue weighted by Gasteiger charge is 2.33. The smallest absolute Gasteiger partial charge is 0.241 e. The first kappa shape index (κ1) is 23.6. The zero-order valence-corrected chi connectivity index (χ0v) is 19.2. The first-order chi connectivity index (χ1) is 15.1. The summed E-state index contributed by atoms with van der Waals surface area (Å²) < 4.78 is 77.7. The van der Waals surface area contributed by atoms with Crippen LogP contribution in [0, 0.1) is 0 Å². The van der Waals surface area contributed by atoms with Crippen LogP contribution in [0.4, 0.5) is 5.82 Å². The number of hydrogen-bond donors (Lipinski definition) is 2. The van der Waals surface area contributed by atoms with Gasteiger partial charge in [-0.3, -0.25) is 0 Å². The van der Waals surface area contributed by atoms with Crippen molar-refractivity contribution in [2.75, 3.05) is 12.4 Å². The summed E-state index contributed by atoms with van der Waals surface area (Å²) in [5, 5.41) is 2.55. The van der Waals surface area contributed by atoms with E-state index in [4.69, 9.17) is 0 Å². The van der Waals surface area contributed by atoms with Gasteiger partial charge >= 0.3 is 0 Å². The molecule has 0 bridgehead atoms. The molecule has 12 heteroatoms. The van der Waals surface area contributed by atoms with Crippen LogP contribution < -0.4 is 10.0 Å². The van der Waals surface area contributed by atoms with Gasteiger partial charge in [-0.15, -0.1) is 0 Å². The fourth-order valence-corrected chi connectivity index (χ4v) is 6.94. The summed E-state index contributed by atoms with van der Waals surface area (Å²) >= 11 is 0. The average Bonchev–Trinajstić information content (AvgIpc) is 2.80. The van der Waals surface area contributed by atoms with Gasteiger partial charge in [0.1, 0.15) is 10.7 Å². The first-order valence-corrected chi connectivity index (χ1v) is 13.5. The van der Waals surface area contributed by atoms with E-state index in [1.807, 2.05) is 0 Å². The molecular weight excluding hydrogens is 474 g/mol. The maximum atomic E-state index is 13.2. The second kappa shape index (κ2) is 9.20. The lowest BCUT2D eigenvalue weighted by atomic mass is 10.4. The average molecular weight is 494 g/mol. The quantitative estimate of drug-likeness (QED) is 0.487. The number of pyridine rings is 1. The Labute approximate surface area is 186 Å². The SMILES string of the molecule is CNS(=O)(=O)c1ccc(NC=C(S(=O)(=O)c2ccccc2)S(=O)(=O)c2ccccc2)nc1. The highest BCUT2D eigenvalue weighted by molar-refractivity contribution is 8.14. The van der Waals surface area contributed by atoms with Crippen molar-refractivity contribution in [3.8, 4) is 0 Å². The third-order valence-corrected chi connectivity index (χ3v) is 10.1. The van der Waals surface area contributed by atoms with Gasteiger partial charge in [0.15, 0.2) is 4.24 Å². The molecular formula is C20H19N3O6S3. The van der Waals surface area contributed by atoms with Crippen LogP contribution in [-0.2, 0) is 29.7 Å². The van der Waals surface area contributed by atoms with Crippen LogP contribution in [0.2, 0.25) is 0 Å². The number of sulfone groups is 2. The van der Waals surface area contributed by atoms with Crippen molar-refractivity contribution in [1.29, 1.82) is 0 Å². The second-order valence-corrected chi connectivity index (χ2v) is 12.3. The Morgan fingerprint density at radius 1 is 0.719 bits per heavy atom. The lowest BCUT2D eigenvalue weighted by molar-refractivity contribution is 0.587. The molecule has 0 saturated carbocycles. The Morgan fingerprint density at radius 3 is 1.62 bits per heavy atom. The van der Waals surface area contributed by atoms with E-state index in [-0.39, 0.29) is 20.5 Å². The second-order valence-electron chi connectivity index (χ2n) is 6.33. The molecule has 0 amide bonds. The summed E-state index contributed by atoms with van der Waals surface area (Å²) in [5.41, 5.74) is 0. The zero-order valence-electron chi connectivity index (χ0n) is 16.7. The van der Waals surface area contributed by atoms with Crippen LogP contribution in [0.3, 0.4) is 0 Å². The Kier molecular flexibility index (Phi) is 6.79. The van der Waals surface area contributed by atoms with Crippen molar-refractivity contribution in [3.05, 3.63) is 89.4 Å². The summed E-state index contributed by atoms with van der Waals surface area (Å²) in [7, 11) is -11.3. The van der Waals surface area contributed by atoms with Gasteiger partial charge in [0.2, 0.25) is 29.7 Å². The predicted molar refractivity (Wildman–Crippen MR) is 119 cm³/mol. The minimum atomic E-state index is -4.44. The molecule has 0 aliphatic carbocycles. The number of nitrogens with zero attached hydrogens (tertiary/aromatic N) is 1. The number of rotatable bonds is 8. The molecule has 0 spiro atoms. The van der Waals surface area contributed by atoms with Gasteiger partial charge in [0, 0.05) is 12.4 Å². The third-order valence-electron chi connectivity index (χ3n) is 4.29. The van der Waals surface area contributed by atoms with E-state index in [1.54, 1.807) is 12.1 Å². The molecule has 1 aromatic heterocycles. The summed E-state index contributed by atoms with van der Waals surface area (Å²) in [6.07, 6.45) is 1.89. The fraction of sp³-hybridized carbons (Fsp3) is 0.0500. The fourth-order valence-electron chi connectivity index (χ4n) is 2.61. The van der Waals surface area contributed by atoms with Gasteiger partial charge in [-0.25, -0.2) is 35.0 Å². The minimum absolute atomic E-state index is 0.0454. The molecule has 0 unspecified atom stereocenters. The van der Waals surface area contributed by atoms with Gasteiger partial charge in [0.05, 0.1) is 9.79 Å². The van der Waals surface area contributed by atoms with Gasteiger partial charge in [-0.1, -0.05) is 36.4 Å². The number of benzene rings is 2. The molecule has 9 nitrogen and oxygen atoms in total. The zero-order chi connectivity index (χ0) is 23.4. The molecule has 0 fully saturated rings. The van der Waals surface area contributed by atoms with Gasteiger partial charge < -0.3 is 5.32 Å². The van der Waals surface area contributed by atoms with Crippen LogP contribution in [-0.4, -0.2) is 37.3 Å². The lowest BCUT2D eigenvalue weighted by Gasteiger charge is -2.12. The molecule has 0 aliphatic rings. The van der Waals surface area contributed by atoms with Gasteiger partial charge in [-0.2, -0.15) is 0 Å². The van der Waals surface area contributed by atoms with Crippen LogP contribution in [0.25, 0.3) is 0 Å². The highest BCUT2D eigenvalue weighted by Crippen LogP contribution is 2.29. The van der Waals surface area contributed by atoms with Gasteiger partial charge in [0.25, 0.3) is 0 Å². The Balaban J connectivity index is 2.08. The van der Waals surface area contributed by atoms with E-state index in [9.17, 15) is 25.3 Å². The van der Waals surface area contributed by atoms with E-state index in [0.717, 1.165) is 12.4 Å². The number of nitrogens with one attached hydrogen (secondary N) is 2. The molecule has 2 aromatic carbocycles. The standard InChI is InChI=1S/C20H19N3O6S3/c1-21-32(28,29)18-12-13-19(22-14-18)23-15-20(30(24,25)16-8-4-2-5-9-16)31(26,27)17-10-6-3-7-11-17/h2-15,21H,1H3,(H,22,23). The number of hydrogen-bond acceptors (Lipinski definition) is 8. The van der Waals surface area contributed by atoms with Crippen molar-refractivity contribution in [2.45, 2.75) is 14.7 Å². The molecule has 0 radical (unpaired) electrons. The lowest BCUT2D eigenvalue weighted by Crippen LogP contribution is -2.19. The number of aromatic nitrogens is 1. The summed E-state index contributed by atoms with van der Waals surface area (Å²) in [6, 6.07) is 16.8. The molecule has 1 heterocycles. The molecule has 2 N–H and O–H groups in total. The van der Waals surface area contributed by atoms with Crippen molar-refractivity contribution in [1.82, 2.24) is 9.71 Å². The van der Waals surface area contributed by atoms with E-state index in [0.29, 0.717) is 0 Å². The van der Waals surface area contributed by atoms with Crippen molar-refractivity contribution < 1.29 is 25.3 Å². The maximum Gasteiger partial charge on any atom is 0.241 e. The topological polar surface area (TPSA) is 139 Å². The molecule has 168 valence electrons. The first-order valence-electron chi connectivity index (χ1n) is 9.05. The normalized spacial score (nSPS) is 12.2. The van der Waals surface area contributed by atoms with Crippen LogP contribution in [0.5, 0.6) is 0 Å². The van der Waals surface area contributed by atoms with Crippen LogP contribution >= 0.6 is 0 Å². The molecule has 3 aromatic rings. The Hall–Kier alpha value is -3.06. The summed E-state index contributed by atoms with van der Waals surface area (Å²) in [5.74, 6) is 0.0454. The molecule has 0 atom stereocenters. The van der Waals surface area contributed by atoms with Gasteiger partial charge in [-0.05, 0) is 43.4 Å². The highest BCUT2D eigenvalue weighted by atomic mass is 32.3.